The molecule has 0 saturated carbocycles. The molecular formula is C13H10NO. The van der Waals surface area contributed by atoms with E-state index in [9.17, 15) is 4.79 Å². The third-order valence-corrected chi connectivity index (χ3v) is 2.19. The predicted octanol–water partition coefficient (Wildman–Crippen LogP) is 2.25. The van der Waals surface area contributed by atoms with Crippen molar-refractivity contribution in [3.63, 3.8) is 0 Å². The zero-order valence-electron chi connectivity index (χ0n) is 8.10. The first-order valence-electron chi connectivity index (χ1n) is 4.65. The third kappa shape index (κ3) is 1.89. The van der Waals surface area contributed by atoms with E-state index in [1.807, 2.05) is 36.4 Å². The fourth-order valence-corrected chi connectivity index (χ4v) is 1.49. The second-order valence-corrected chi connectivity index (χ2v) is 3.19. The number of primary amides is 1. The maximum Gasteiger partial charge on any atom is 0.249 e. The number of carbonyl (C=O) groups excluding carboxylic acids is 1. The average Bonchev–Trinajstić information content (AvgIpc) is 2.30. The molecular weight excluding hydrogens is 186 g/mol. The van der Waals surface area contributed by atoms with Gasteiger partial charge in [-0.05, 0) is 23.3 Å². The van der Waals surface area contributed by atoms with E-state index < -0.39 is 5.91 Å². The van der Waals surface area contributed by atoms with Gasteiger partial charge in [0.25, 0.3) is 0 Å². The van der Waals surface area contributed by atoms with Crippen LogP contribution in [-0.2, 0) is 0 Å². The number of nitrogens with two attached hydrogens (primary N) is 1. The lowest BCUT2D eigenvalue weighted by atomic mass is 9.99. The molecule has 0 aliphatic rings. The molecule has 1 radical (unpaired) electrons. The van der Waals surface area contributed by atoms with Crippen LogP contribution < -0.4 is 5.73 Å². The molecule has 73 valence electrons. The number of benzene rings is 2. The molecule has 2 rings (SSSR count). The zero-order chi connectivity index (χ0) is 10.7. The van der Waals surface area contributed by atoms with Crippen molar-refractivity contribution in [1.82, 2.24) is 0 Å². The van der Waals surface area contributed by atoms with Gasteiger partial charge in [0, 0.05) is 5.56 Å². The fourth-order valence-electron chi connectivity index (χ4n) is 1.49. The molecule has 2 heteroatoms. The lowest BCUT2D eigenvalue weighted by molar-refractivity contribution is 0.100. The Kier molecular flexibility index (Phi) is 2.50. The van der Waals surface area contributed by atoms with Crippen LogP contribution in [0.4, 0.5) is 0 Å². The van der Waals surface area contributed by atoms with Gasteiger partial charge in [0.05, 0.1) is 0 Å². The third-order valence-electron chi connectivity index (χ3n) is 2.19. The van der Waals surface area contributed by atoms with Crippen LogP contribution in [0.2, 0.25) is 0 Å². The van der Waals surface area contributed by atoms with Gasteiger partial charge in [-0.15, -0.1) is 0 Å². The molecule has 2 aromatic rings. The fraction of sp³-hybridized carbons (Fsp3) is 0. The molecule has 1 amide bonds. The maximum atomic E-state index is 11.2. The topological polar surface area (TPSA) is 43.1 Å². The Morgan fingerprint density at radius 3 is 2.47 bits per heavy atom. The van der Waals surface area contributed by atoms with E-state index >= 15 is 0 Å². The molecule has 0 saturated heterocycles. The Labute approximate surface area is 88.4 Å². The zero-order valence-corrected chi connectivity index (χ0v) is 8.10. The Balaban J connectivity index is 2.58. The summed E-state index contributed by atoms with van der Waals surface area (Å²) < 4.78 is 0. The smallest absolute Gasteiger partial charge is 0.249 e. The van der Waals surface area contributed by atoms with E-state index in [-0.39, 0.29) is 0 Å². The Hall–Kier alpha value is -2.09. The van der Waals surface area contributed by atoms with Crippen LogP contribution in [0.25, 0.3) is 11.1 Å². The number of amides is 1. The number of hydrogen-bond donors (Lipinski definition) is 1. The van der Waals surface area contributed by atoms with Crippen LogP contribution in [-0.4, -0.2) is 5.91 Å². The first-order valence-corrected chi connectivity index (χ1v) is 4.65. The molecule has 0 aromatic heterocycles. The van der Waals surface area contributed by atoms with Crippen LogP contribution in [0.3, 0.4) is 0 Å². The minimum atomic E-state index is -0.414. The highest BCUT2D eigenvalue weighted by Gasteiger charge is 2.07. The van der Waals surface area contributed by atoms with Crippen LogP contribution in [0.15, 0.2) is 48.5 Å². The van der Waals surface area contributed by atoms with E-state index in [0.717, 1.165) is 11.1 Å². The minimum Gasteiger partial charge on any atom is -0.366 e. The molecule has 15 heavy (non-hydrogen) atoms. The molecule has 0 unspecified atom stereocenters. The molecule has 2 nitrogen and oxygen atoms in total. The van der Waals surface area contributed by atoms with E-state index in [4.69, 9.17) is 5.73 Å². The molecule has 0 aliphatic heterocycles. The molecule has 0 atom stereocenters. The molecule has 0 fully saturated rings. The maximum absolute atomic E-state index is 11.2. The second kappa shape index (κ2) is 3.96. The van der Waals surface area contributed by atoms with Gasteiger partial charge in [-0.3, -0.25) is 4.79 Å². The van der Waals surface area contributed by atoms with Gasteiger partial charge in [-0.1, -0.05) is 42.5 Å². The number of hydrogen-bond acceptors (Lipinski definition) is 1. The van der Waals surface area contributed by atoms with Crippen molar-refractivity contribution in [3.8, 4) is 11.1 Å². The Morgan fingerprint density at radius 2 is 1.80 bits per heavy atom. The molecule has 2 N–H and O–H groups in total. The normalized spacial score (nSPS) is 9.87. The minimum absolute atomic E-state index is 0.414. The summed E-state index contributed by atoms with van der Waals surface area (Å²) in [6, 6.07) is 17.8. The monoisotopic (exact) mass is 196 g/mol. The quantitative estimate of drug-likeness (QED) is 0.786. The van der Waals surface area contributed by atoms with Crippen molar-refractivity contribution in [1.29, 1.82) is 0 Å². The van der Waals surface area contributed by atoms with E-state index in [1.54, 1.807) is 12.1 Å². The summed E-state index contributed by atoms with van der Waals surface area (Å²) in [5.41, 5.74) is 7.53. The molecule has 0 spiro atoms. The SMILES string of the molecule is NC(=O)c1ccccc1-c1[c]cccc1. The van der Waals surface area contributed by atoms with Gasteiger partial charge in [-0.2, -0.15) is 0 Å². The largest absolute Gasteiger partial charge is 0.366 e. The van der Waals surface area contributed by atoms with Crippen molar-refractivity contribution < 1.29 is 4.79 Å². The highest BCUT2D eigenvalue weighted by molar-refractivity contribution is 5.99. The van der Waals surface area contributed by atoms with Crippen molar-refractivity contribution in [2.24, 2.45) is 5.73 Å². The van der Waals surface area contributed by atoms with Gasteiger partial charge in [0.1, 0.15) is 0 Å². The van der Waals surface area contributed by atoms with Gasteiger partial charge in [0.15, 0.2) is 0 Å². The van der Waals surface area contributed by atoms with Crippen LogP contribution in [0.1, 0.15) is 10.4 Å². The summed E-state index contributed by atoms with van der Waals surface area (Å²) in [5.74, 6) is -0.414. The van der Waals surface area contributed by atoms with E-state index in [2.05, 4.69) is 6.07 Å². The molecule has 0 heterocycles. The lowest BCUT2D eigenvalue weighted by Crippen LogP contribution is -2.12. The summed E-state index contributed by atoms with van der Waals surface area (Å²) in [4.78, 5) is 11.2. The highest BCUT2D eigenvalue weighted by Crippen LogP contribution is 2.22. The average molecular weight is 196 g/mol. The van der Waals surface area contributed by atoms with E-state index in [1.165, 1.54) is 0 Å². The number of rotatable bonds is 2. The van der Waals surface area contributed by atoms with Crippen molar-refractivity contribution >= 4 is 5.91 Å². The number of carbonyl (C=O) groups is 1. The molecule has 2 aromatic carbocycles. The molecule has 0 aliphatic carbocycles. The van der Waals surface area contributed by atoms with Gasteiger partial charge < -0.3 is 5.73 Å². The van der Waals surface area contributed by atoms with Crippen molar-refractivity contribution in [2.75, 3.05) is 0 Å². The Bertz CT molecular complexity index is 477. The van der Waals surface area contributed by atoms with Crippen molar-refractivity contribution in [3.05, 3.63) is 60.2 Å². The molecule has 0 bridgehead atoms. The second-order valence-electron chi connectivity index (χ2n) is 3.19. The van der Waals surface area contributed by atoms with Gasteiger partial charge in [-0.25, -0.2) is 0 Å². The highest BCUT2D eigenvalue weighted by atomic mass is 16.1. The summed E-state index contributed by atoms with van der Waals surface area (Å²) >= 11 is 0. The van der Waals surface area contributed by atoms with E-state index in [0.29, 0.717) is 5.56 Å². The first kappa shape index (κ1) is 9.46. The standard InChI is InChI=1S/C13H10NO/c14-13(15)12-9-5-4-8-11(12)10-6-2-1-3-7-10/h1-6,8-9H,(H2,14,15). The van der Waals surface area contributed by atoms with Crippen LogP contribution in [0, 0.1) is 6.07 Å². The first-order chi connectivity index (χ1) is 7.29. The van der Waals surface area contributed by atoms with Crippen LogP contribution in [0.5, 0.6) is 0 Å². The van der Waals surface area contributed by atoms with Crippen molar-refractivity contribution in [2.45, 2.75) is 0 Å². The predicted molar refractivity (Wildman–Crippen MR) is 59.2 cm³/mol. The van der Waals surface area contributed by atoms with Crippen LogP contribution >= 0.6 is 0 Å². The lowest BCUT2D eigenvalue weighted by Gasteiger charge is -2.05. The Morgan fingerprint density at radius 1 is 1.07 bits per heavy atom. The summed E-state index contributed by atoms with van der Waals surface area (Å²) in [6.45, 7) is 0. The van der Waals surface area contributed by atoms with Gasteiger partial charge in [0.2, 0.25) is 5.91 Å². The summed E-state index contributed by atoms with van der Waals surface area (Å²) in [5, 5.41) is 0. The summed E-state index contributed by atoms with van der Waals surface area (Å²) in [7, 11) is 0. The summed E-state index contributed by atoms with van der Waals surface area (Å²) in [6.07, 6.45) is 0. The van der Waals surface area contributed by atoms with Gasteiger partial charge >= 0.3 is 0 Å².